The van der Waals surface area contributed by atoms with E-state index in [-0.39, 0.29) is 17.4 Å². The third kappa shape index (κ3) is 2.28. The summed E-state index contributed by atoms with van der Waals surface area (Å²) in [6.07, 6.45) is 0.708. The van der Waals surface area contributed by atoms with E-state index in [0.717, 1.165) is 6.07 Å². The molecule has 2 rings (SSSR count). The molecule has 0 aliphatic carbocycles. The van der Waals surface area contributed by atoms with E-state index in [4.69, 9.17) is 0 Å². The van der Waals surface area contributed by atoms with Crippen LogP contribution >= 0.6 is 0 Å². The molecule has 2 unspecified atom stereocenters. The molecule has 0 spiro atoms. The molecule has 1 aliphatic heterocycles. The van der Waals surface area contributed by atoms with Crippen molar-refractivity contribution >= 4 is 10.0 Å². The largest absolute Gasteiger partial charge is 0.395 e. The van der Waals surface area contributed by atoms with Gasteiger partial charge in [0, 0.05) is 6.54 Å². The Balaban J connectivity index is 2.37. The van der Waals surface area contributed by atoms with E-state index in [9.17, 15) is 17.9 Å². The minimum atomic E-state index is -3.72. The molecule has 18 heavy (non-hydrogen) atoms. The number of hydrogen-bond donors (Lipinski definition) is 1. The number of benzene rings is 1. The monoisotopic (exact) mass is 273 g/mol. The lowest BCUT2D eigenvalue weighted by molar-refractivity contribution is 0.191. The molecular formula is C12H16FNO3S. The van der Waals surface area contributed by atoms with Crippen molar-refractivity contribution in [3.63, 3.8) is 0 Å². The average Bonchev–Trinajstić information content (AvgIpc) is 2.71. The Morgan fingerprint density at radius 1 is 1.50 bits per heavy atom. The SMILES string of the molecule is CC1CCN(S(=O)(=O)c2cccc(F)c2)C1CO. The molecule has 4 nitrogen and oxygen atoms in total. The van der Waals surface area contributed by atoms with Crippen LogP contribution in [0.25, 0.3) is 0 Å². The first-order valence-corrected chi connectivity index (χ1v) is 7.29. The molecule has 1 saturated heterocycles. The van der Waals surface area contributed by atoms with Crippen LogP contribution in [-0.4, -0.2) is 37.0 Å². The van der Waals surface area contributed by atoms with Gasteiger partial charge >= 0.3 is 0 Å². The highest BCUT2D eigenvalue weighted by atomic mass is 32.2. The first kappa shape index (κ1) is 13.5. The number of aliphatic hydroxyl groups is 1. The van der Waals surface area contributed by atoms with Crippen molar-refractivity contribution in [1.82, 2.24) is 4.31 Å². The zero-order chi connectivity index (χ0) is 13.3. The van der Waals surface area contributed by atoms with E-state index in [0.29, 0.717) is 13.0 Å². The lowest BCUT2D eigenvalue weighted by Crippen LogP contribution is -2.39. The summed E-state index contributed by atoms with van der Waals surface area (Å²) in [4.78, 5) is -0.0601. The van der Waals surface area contributed by atoms with Crippen LogP contribution in [0.2, 0.25) is 0 Å². The van der Waals surface area contributed by atoms with E-state index in [1.165, 1.54) is 22.5 Å². The average molecular weight is 273 g/mol. The summed E-state index contributed by atoms with van der Waals surface area (Å²) in [5.74, 6) is -0.470. The second kappa shape index (κ2) is 4.95. The summed E-state index contributed by atoms with van der Waals surface area (Å²) in [5.41, 5.74) is 0. The first-order valence-electron chi connectivity index (χ1n) is 5.85. The maximum absolute atomic E-state index is 13.1. The standard InChI is InChI=1S/C12H16FNO3S/c1-9-5-6-14(12(9)8-15)18(16,17)11-4-2-3-10(13)7-11/h2-4,7,9,12,15H,5-6,8H2,1H3. The van der Waals surface area contributed by atoms with E-state index < -0.39 is 21.9 Å². The van der Waals surface area contributed by atoms with Gasteiger partial charge in [-0.15, -0.1) is 0 Å². The molecule has 0 amide bonds. The van der Waals surface area contributed by atoms with Crippen molar-refractivity contribution < 1.29 is 17.9 Å². The number of halogens is 1. The highest BCUT2D eigenvalue weighted by molar-refractivity contribution is 7.89. The first-order chi connectivity index (χ1) is 8.46. The van der Waals surface area contributed by atoms with Crippen molar-refractivity contribution in [3.05, 3.63) is 30.1 Å². The quantitative estimate of drug-likeness (QED) is 0.900. The smallest absolute Gasteiger partial charge is 0.243 e. The molecule has 1 heterocycles. The van der Waals surface area contributed by atoms with Crippen LogP contribution in [0.1, 0.15) is 13.3 Å². The van der Waals surface area contributed by atoms with Gasteiger partial charge in [0.25, 0.3) is 0 Å². The van der Waals surface area contributed by atoms with Crippen molar-refractivity contribution in [1.29, 1.82) is 0 Å². The van der Waals surface area contributed by atoms with Gasteiger partial charge in [0.1, 0.15) is 5.82 Å². The minimum absolute atomic E-state index is 0.0601. The zero-order valence-corrected chi connectivity index (χ0v) is 10.9. The Morgan fingerprint density at radius 2 is 2.22 bits per heavy atom. The van der Waals surface area contributed by atoms with Crippen molar-refractivity contribution in [2.24, 2.45) is 5.92 Å². The molecule has 0 radical (unpaired) electrons. The van der Waals surface area contributed by atoms with Gasteiger partial charge in [0.2, 0.25) is 10.0 Å². The Hall–Kier alpha value is -0.980. The fraction of sp³-hybridized carbons (Fsp3) is 0.500. The van der Waals surface area contributed by atoms with Crippen LogP contribution < -0.4 is 0 Å². The molecule has 0 aromatic heterocycles. The lowest BCUT2D eigenvalue weighted by Gasteiger charge is -2.24. The molecule has 6 heteroatoms. The lowest BCUT2D eigenvalue weighted by atomic mass is 10.0. The Morgan fingerprint density at radius 3 is 2.83 bits per heavy atom. The molecule has 1 aromatic rings. The van der Waals surface area contributed by atoms with Gasteiger partial charge in [-0.1, -0.05) is 13.0 Å². The van der Waals surface area contributed by atoms with Gasteiger partial charge in [-0.05, 0) is 30.5 Å². The number of sulfonamides is 1. The second-order valence-corrected chi connectivity index (χ2v) is 6.48. The van der Waals surface area contributed by atoms with Gasteiger partial charge in [0.15, 0.2) is 0 Å². The highest BCUT2D eigenvalue weighted by Gasteiger charge is 2.39. The Labute approximate surface area is 106 Å². The predicted molar refractivity (Wildman–Crippen MR) is 64.9 cm³/mol. The van der Waals surface area contributed by atoms with Gasteiger partial charge in [-0.2, -0.15) is 4.31 Å². The summed E-state index contributed by atoms with van der Waals surface area (Å²) in [6.45, 7) is 2.06. The van der Waals surface area contributed by atoms with Gasteiger partial charge in [0.05, 0.1) is 17.5 Å². The van der Waals surface area contributed by atoms with Crippen LogP contribution in [0, 0.1) is 11.7 Å². The van der Waals surface area contributed by atoms with Crippen LogP contribution in [0.3, 0.4) is 0 Å². The number of aliphatic hydroxyl groups excluding tert-OH is 1. The van der Waals surface area contributed by atoms with Crippen LogP contribution in [-0.2, 0) is 10.0 Å². The van der Waals surface area contributed by atoms with E-state index in [2.05, 4.69) is 0 Å². The third-order valence-electron chi connectivity index (χ3n) is 3.42. The van der Waals surface area contributed by atoms with Crippen molar-refractivity contribution in [2.75, 3.05) is 13.2 Å². The second-order valence-electron chi connectivity index (χ2n) is 4.59. The summed E-state index contributed by atoms with van der Waals surface area (Å²) >= 11 is 0. The van der Waals surface area contributed by atoms with Gasteiger partial charge in [-0.25, -0.2) is 12.8 Å². The van der Waals surface area contributed by atoms with E-state index in [1.807, 2.05) is 6.92 Å². The van der Waals surface area contributed by atoms with Gasteiger partial charge in [-0.3, -0.25) is 0 Å². The van der Waals surface area contributed by atoms with Crippen LogP contribution in [0.5, 0.6) is 0 Å². The number of nitrogens with zero attached hydrogens (tertiary/aromatic N) is 1. The zero-order valence-electron chi connectivity index (χ0n) is 10.1. The molecule has 1 aromatic carbocycles. The number of rotatable bonds is 3. The minimum Gasteiger partial charge on any atom is -0.395 e. The highest BCUT2D eigenvalue weighted by Crippen LogP contribution is 2.29. The number of hydrogen-bond acceptors (Lipinski definition) is 3. The molecule has 1 aliphatic rings. The van der Waals surface area contributed by atoms with Crippen molar-refractivity contribution in [3.8, 4) is 0 Å². The normalized spacial score (nSPS) is 25.5. The maximum Gasteiger partial charge on any atom is 0.243 e. The third-order valence-corrected chi connectivity index (χ3v) is 5.34. The van der Waals surface area contributed by atoms with Crippen LogP contribution in [0.4, 0.5) is 4.39 Å². The predicted octanol–water partition coefficient (Wildman–Crippen LogP) is 1.22. The molecule has 100 valence electrons. The molecular weight excluding hydrogens is 257 g/mol. The van der Waals surface area contributed by atoms with Crippen molar-refractivity contribution in [2.45, 2.75) is 24.3 Å². The van der Waals surface area contributed by atoms with E-state index >= 15 is 0 Å². The molecule has 1 fully saturated rings. The molecule has 0 bridgehead atoms. The molecule has 0 saturated carbocycles. The maximum atomic E-state index is 13.1. The Bertz CT molecular complexity index is 532. The van der Waals surface area contributed by atoms with Gasteiger partial charge < -0.3 is 5.11 Å². The summed E-state index contributed by atoms with van der Waals surface area (Å²) < 4.78 is 39.1. The molecule has 2 atom stereocenters. The summed E-state index contributed by atoms with van der Waals surface area (Å²) in [6, 6.07) is 4.53. The molecule has 1 N–H and O–H groups in total. The topological polar surface area (TPSA) is 57.6 Å². The Kier molecular flexibility index (Phi) is 3.70. The van der Waals surface area contributed by atoms with E-state index in [1.54, 1.807) is 0 Å². The fourth-order valence-corrected chi connectivity index (χ4v) is 4.06. The summed E-state index contributed by atoms with van der Waals surface area (Å²) in [7, 11) is -3.72. The van der Waals surface area contributed by atoms with Crippen LogP contribution in [0.15, 0.2) is 29.2 Å². The fourth-order valence-electron chi connectivity index (χ4n) is 2.31. The summed E-state index contributed by atoms with van der Waals surface area (Å²) in [5, 5.41) is 9.29.